The van der Waals surface area contributed by atoms with Gasteiger partial charge in [0.25, 0.3) is 0 Å². The van der Waals surface area contributed by atoms with Crippen molar-refractivity contribution in [3.05, 3.63) is 84.6 Å². The van der Waals surface area contributed by atoms with E-state index in [9.17, 15) is 14.3 Å². The smallest absolute Gasteiger partial charge is 0.371 e. The van der Waals surface area contributed by atoms with Crippen molar-refractivity contribution >= 4 is 11.6 Å². The highest BCUT2D eigenvalue weighted by Gasteiger charge is 2.19. The van der Waals surface area contributed by atoms with Crippen molar-refractivity contribution in [1.82, 2.24) is 24.6 Å². The van der Waals surface area contributed by atoms with Crippen molar-refractivity contribution in [1.29, 1.82) is 0 Å². The molecule has 30 heavy (non-hydrogen) atoms. The largest absolute Gasteiger partial charge is 0.475 e. The maximum absolute atomic E-state index is 13.4. The number of nitrogens with one attached hydrogen (secondary N) is 1. The van der Waals surface area contributed by atoms with Gasteiger partial charge in [0.2, 0.25) is 5.82 Å². The Hall–Kier alpha value is -4.33. The van der Waals surface area contributed by atoms with E-state index in [0.717, 1.165) is 5.56 Å². The first-order valence-corrected chi connectivity index (χ1v) is 9.10. The van der Waals surface area contributed by atoms with Crippen LogP contribution in [0.2, 0.25) is 0 Å². The second-order valence-corrected chi connectivity index (χ2v) is 6.66. The predicted molar refractivity (Wildman–Crippen MR) is 108 cm³/mol. The minimum atomic E-state index is -1.18. The Bertz CT molecular complexity index is 1370. The van der Waals surface area contributed by atoms with Crippen LogP contribution in [0.3, 0.4) is 0 Å². The molecule has 7 nitrogen and oxygen atoms in total. The van der Waals surface area contributed by atoms with Crippen LogP contribution in [-0.4, -0.2) is 35.6 Å². The van der Waals surface area contributed by atoms with Gasteiger partial charge in [0.1, 0.15) is 5.82 Å². The number of imidazole rings is 1. The Morgan fingerprint density at radius 3 is 2.37 bits per heavy atom. The Morgan fingerprint density at radius 2 is 1.63 bits per heavy atom. The molecule has 0 spiro atoms. The van der Waals surface area contributed by atoms with Crippen molar-refractivity contribution in [2.75, 3.05) is 0 Å². The lowest BCUT2D eigenvalue weighted by Crippen LogP contribution is -1.98. The van der Waals surface area contributed by atoms with Crippen LogP contribution in [0, 0.1) is 5.82 Å². The van der Waals surface area contributed by atoms with Crippen molar-refractivity contribution in [2.45, 2.75) is 0 Å². The number of carbonyl (C=O) groups is 1. The summed E-state index contributed by atoms with van der Waals surface area (Å²) in [6.45, 7) is 0. The van der Waals surface area contributed by atoms with Gasteiger partial charge in [0.15, 0.2) is 11.5 Å². The summed E-state index contributed by atoms with van der Waals surface area (Å²) in [6.07, 6.45) is 1.81. The van der Waals surface area contributed by atoms with E-state index < -0.39 is 5.97 Å². The fourth-order valence-corrected chi connectivity index (χ4v) is 3.32. The van der Waals surface area contributed by atoms with Crippen molar-refractivity contribution < 1.29 is 14.3 Å². The van der Waals surface area contributed by atoms with Gasteiger partial charge in [-0.2, -0.15) is 0 Å². The molecule has 0 saturated heterocycles. The van der Waals surface area contributed by atoms with Crippen LogP contribution in [-0.2, 0) is 0 Å². The van der Waals surface area contributed by atoms with Crippen LogP contribution in [0.5, 0.6) is 0 Å². The third-order valence-electron chi connectivity index (χ3n) is 4.75. The summed E-state index contributed by atoms with van der Waals surface area (Å²) in [4.78, 5) is 18.6. The molecule has 0 fully saturated rings. The number of pyridine rings is 1. The van der Waals surface area contributed by atoms with E-state index >= 15 is 0 Å². The molecular weight excluding hydrogens is 385 g/mol. The van der Waals surface area contributed by atoms with Crippen molar-refractivity contribution in [3.8, 4) is 33.9 Å². The Kier molecular flexibility index (Phi) is 4.10. The Balaban J connectivity index is 1.70. The monoisotopic (exact) mass is 399 g/mol. The highest BCUT2D eigenvalue weighted by Crippen LogP contribution is 2.31. The number of carboxylic acids is 1. The van der Waals surface area contributed by atoms with Crippen LogP contribution in [0.1, 0.15) is 10.6 Å². The number of benzene rings is 2. The second kappa shape index (κ2) is 6.93. The summed E-state index contributed by atoms with van der Waals surface area (Å²) >= 11 is 0. The fourth-order valence-electron chi connectivity index (χ4n) is 3.32. The maximum Gasteiger partial charge on any atom is 0.371 e. The molecule has 0 unspecified atom stereocenters. The molecule has 146 valence electrons. The third kappa shape index (κ3) is 3.00. The molecule has 3 aromatic heterocycles. The van der Waals surface area contributed by atoms with E-state index in [4.69, 9.17) is 0 Å². The molecule has 3 heterocycles. The zero-order valence-electron chi connectivity index (χ0n) is 15.5. The predicted octanol–water partition coefficient (Wildman–Crippen LogP) is 4.29. The van der Waals surface area contributed by atoms with E-state index in [1.165, 1.54) is 12.1 Å². The molecular formula is C22H14FN5O2. The molecule has 2 aromatic carbocycles. The molecule has 5 rings (SSSR count). The standard InChI is InChI=1S/C22H14FN5O2/c23-16-9-6-13(7-10-16)18-19(25-20(24-18)22(29)30)15-8-11-17-26-27-21(28(17)12-15)14-4-2-1-3-5-14/h1-12H,(H,24,25)(H,29,30). The summed E-state index contributed by atoms with van der Waals surface area (Å²) < 4.78 is 15.2. The lowest BCUT2D eigenvalue weighted by atomic mass is 10.1. The van der Waals surface area contributed by atoms with Gasteiger partial charge in [-0.25, -0.2) is 14.2 Å². The lowest BCUT2D eigenvalue weighted by Gasteiger charge is -2.05. The van der Waals surface area contributed by atoms with Crippen LogP contribution in [0.15, 0.2) is 72.9 Å². The topological polar surface area (TPSA) is 96.2 Å². The number of fused-ring (bicyclic) bond motifs is 1. The Labute approximate surface area is 169 Å². The molecule has 0 radical (unpaired) electrons. The average molecular weight is 399 g/mol. The van der Waals surface area contributed by atoms with E-state index in [2.05, 4.69) is 20.2 Å². The normalized spacial score (nSPS) is 11.1. The maximum atomic E-state index is 13.4. The van der Waals surface area contributed by atoms with E-state index in [0.29, 0.717) is 34.0 Å². The van der Waals surface area contributed by atoms with Crippen LogP contribution in [0.4, 0.5) is 4.39 Å². The van der Waals surface area contributed by atoms with Crippen LogP contribution >= 0.6 is 0 Å². The number of H-pyrrole nitrogens is 1. The second-order valence-electron chi connectivity index (χ2n) is 6.66. The van der Waals surface area contributed by atoms with Gasteiger partial charge in [-0.1, -0.05) is 30.3 Å². The van der Waals surface area contributed by atoms with Crippen LogP contribution < -0.4 is 0 Å². The van der Waals surface area contributed by atoms with E-state index in [1.807, 2.05) is 40.9 Å². The van der Waals surface area contributed by atoms with E-state index in [-0.39, 0.29) is 11.6 Å². The highest BCUT2D eigenvalue weighted by atomic mass is 19.1. The molecule has 0 aliphatic rings. The summed E-state index contributed by atoms with van der Waals surface area (Å²) in [6, 6.07) is 19.0. The molecule has 0 bridgehead atoms. The summed E-state index contributed by atoms with van der Waals surface area (Å²) in [5, 5.41) is 17.9. The van der Waals surface area contributed by atoms with Gasteiger partial charge in [0.05, 0.1) is 11.4 Å². The van der Waals surface area contributed by atoms with Gasteiger partial charge < -0.3 is 10.1 Å². The minimum Gasteiger partial charge on any atom is -0.475 e. The number of carboxylic acid groups (broad SMARTS) is 1. The van der Waals surface area contributed by atoms with Gasteiger partial charge in [-0.3, -0.25) is 4.40 Å². The number of hydrogen-bond donors (Lipinski definition) is 2. The molecule has 0 atom stereocenters. The first-order chi connectivity index (χ1) is 14.6. The summed E-state index contributed by atoms with van der Waals surface area (Å²) in [5.74, 6) is -1.10. The summed E-state index contributed by atoms with van der Waals surface area (Å²) in [7, 11) is 0. The number of rotatable bonds is 4. The molecule has 8 heteroatoms. The number of hydrogen-bond acceptors (Lipinski definition) is 4. The molecule has 0 aliphatic carbocycles. The van der Waals surface area contributed by atoms with E-state index in [1.54, 1.807) is 24.3 Å². The number of aromatic carboxylic acids is 1. The van der Waals surface area contributed by atoms with Crippen molar-refractivity contribution in [2.24, 2.45) is 0 Å². The zero-order valence-corrected chi connectivity index (χ0v) is 15.5. The molecule has 5 aromatic rings. The Morgan fingerprint density at radius 1 is 0.900 bits per heavy atom. The lowest BCUT2D eigenvalue weighted by molar-refractivity contribution is 0.0685. The first-order valence-electron chi connectivity index (χ1n) is 9.10. The van der Waals surface area contributed by atoms with Crippen molar-refractivity contribution in [3.63, 3.8) is 0 Å². The molecule has 2 N–H and O–H groups in total. The summed E-state index contributed by atoms with van der Waals surface area (Å²) in [5.41, 5.74) is 3.76. The zero-order chi connectivity index (χ0) is 20.7. The number of nitrogens with zero attached hydrogens (tertiary/aromatic N) is 4. The van der Waals surface area contributed by atoms with Gasteiger partial charge in [-0.15, -0.1) is 10.2 Å². The minimum absolute atomic E-state index is 0.198. The number of halogens is 1. The number of aromatic nitrogens is 5. The molecule has 0 aliphatic heterocycles. The third-order valence-corrected chi connectivity index (χ3v) is 4.75. The van der Waals surface area contributed by atoms with Gasteiger partial charge in [0, 0.05) is 22.9 Å². The first kappa shape index (κ1) is 17.7. The number of aromatic amines is 1. The average Bonchev–Trinajstić information content (AvgIpc) is 3.39. The molecule has 0 amide bonds. The highest BCUT2D eigenvalue weighted by molar-refractivity contribution is 5.88. The van der Waals surface area contributed by atoms with Gasteiger partial charge >= 0.3 is 5.97 Å². The molecule has 0 saturated carbocycles. The van der Waals surface area contributed by atoms with Crippen LogP contribution in [0.25, 0.3) is 39.5 Å². The fraction of sp³-hybridized carbons (Fsp3) is 0. The quantitative estimate of drug-likeness (QED) is 0.470. The van der Waals surface area contributed by atoms with Gasteiger partial charge in [-0.05, 0) is 36.4 Å². The SMILES string of the molecule is O=C(O)c1nc(-c2ccc3nnc(-c4ccccc4)n3c2)c(-c2ccc(F)cc2)[nH]1.